The van der Waals surface area contributed by atoms with Crippen LogP contribution in [-0.4, -0.2) is 62.7 Å². The van der Waals surface area contributed by atoms with Crippen molar-refractivity contribution >= 4 is 0 Å². The van der Waals surface area contributed by atoms with Crippen LogP contribution in [0.3, 0.4) is 0 Å². The fourth-order valence-corrected chi connectivity index (χ4v) is 3.51. The van der Waals surface area contributed by atoms with E-state index in [2.05, 4.69) is 36.0 Å². The molecule has 18 heavy (non-hydrogen) atoms. The quantitative estimate of drug-likeness (QED) is 0.776. The van der Waals surface area contributed by atoms with Gasteiger partial charge in [0.1, 0.15) is 0 Å². The highest BCUT2D eigenvalue weighted by atomic mass is 15.2. The molecule has 1 N–H and O–H groups in total. The van der Waals surface area contributed by atoms with Crippen LogP contribution in [0.4, 0.5) is 0 Å². The average Bonchev–Trinajstić information content (AvgIpc) is 2.97. The molecular weight excluding hydrogens is 222 g/mol. The van der Waals surface area contributed by atoms with Crippen molar-refractivity contribution in [2.24, 2.45) is 11.3 Å². The number of hydrogen-bond donors (Lipinski definition) is 1. The summed E-state index contributed by atoms with van der Waals surface area (Å²) in [6.45, 7) is 13.6. The molecule has 0 saturated carbocycles. The van der Waals surface area contributed by atoms with Gasteiger partial charge in [0.2, 0.25) is 0 Å². The monoisotopic (exact) mass is 253 g/mol. The SMILES string of the molecule is CC(C)C1(CN(C)CCN2CCCC2)CCNC1. The first-order valence-electron chi connectivity index (χ1n) is 7.74. The number of nitrogens with one attached hydrogen (secondary N) is 1. The second kappa shape index (κ2) is 6.36. The molecule has 2 rings (SSSR count). The van der Waals surface area contributed by atoms with Crippen molar-refractivity contribution in [2.45, 2.75) is 33.1 Å². The lowest BCUT2D eigenvalue weighted by atomic mass is 9.76. The molecule has 0 aliphatic carbocycles. The Morgan fingerprint density at radius 3 is 2.56 bits per heavy atom. The van der Waals surface area contributed by atoms with Gasteiger partial charge in [-0.25, -0.2) is 0 Å². The Morgan fingerprint density at radius 2 is 2.00 bits per heavy atom. The molecule has 3 heteroatoms. The van der Waals surface area contributed by atoms with E-state index in [1.807, 2.05) is 0 Å². The first-order valence-corrected chi connectivity index (χ1v) is 7.74. The zero-order chi connectivity index (χ0) is 13.0. The molecule has 0 aromatic rings. The van der Waals surface area contributed by atoms with Gasteiger partial charge in [-0.2, -0.15) is 0 Å². The first-order chi connectivity index (χ1) is 8.62. The Balaban J connectivity index is 1.76. The van der Waals surface area contributed by atoms with Gasteiger partial charge in [0.05, 0.1) is 0 Å². The first kappa shape index (κ1) is 14.3. The predicted molar refractivity (Wildman–Crippen MR) is 77.9 cm³/mol. The van der Waals surface area contributed by atoms with E-state index in [0.717, 1.165) is 5.92 Å². The van der Waals surface area contributed by atoms with Crippen LogP contribution in [0.1, 0.15) is 33.1 Å². The minimum Gasteiger partial charge on any atom is -0.316 e. The second-order valence-electron chi connectivity index (χ2n) is 6.73. The molecule has 0 radical (unpaired) electrons. The summed E-state index contributed by atoms with van der Waals surface area (Å²) in [5.41, 5.74) is 0.514. The van der Waals surface area contributed by atoms with Crippen molar-refractivity contribution in [1.82, 2.24) is 15.1 Å². The number of likely N-dealkylation sites (N-methyl/N-ethyl adjacent to an activating group) is 1. The zero-order valence-electron chi connectivity index (χ0n) is 12.5. The largest absolute Gasteiger partial charge is 0.316 e. The number of likely N-dealkylation sites (tertiary alicyclic amines) is 1. The van der Waals surface area contributed by atoms with E-state index in [0.29, 0.717) is 5.41 Å². The number of hydrogen-bond acceptors (Lipinski definition) is 3. The normalized spacial score (nSPS) is 29.8. The molecule has 2 heterocycles. The third-order valence-electron chi connectivity index (χ3n) is 5.08. The summed E-state index contributed by atoms with van der Waals surface area (Å²) in [5, 5.41) is 3.56. The Labute approximate surface area is 113 Å². The van der Waals surface area contributed by atoms with Gasteiger partial charge in [0.25, 0.3) is 0 Å². The molecule has 0 amide bonds. The molecule has 2 aliphatic rings. The van der Waals surface area contributed by atoms with E-state index in [9.17, 15) is 0 Å². The van der Waals surface area contributed by atoms with Crippen molar-refractivity contribution in [3.8, 4) is 0 Å². The lowest BCUT2D eigenvalue weighted by Gasteiger charge is -2.37. The van der Waals surface area contributed by atoms with Gasteiger partial charge in [0, 0.05) is 26.2 Å². The smallest absolute Gasteiger partial charge is 0.0109 e. The van der Waals surface area contributed by atoms with E-state index >= 15 is 0 Å². The van der Waals surface area contributed by atoms with Crippen molar-refractivity contribution in [3.63, 3.8) is 0 Å². The minimum absolute atomic E-state index is 0.514. The standard InChI is InChI=1S/C15H31N3/c1-14(2)15(6-7-16-12-15)13-17(3)10-11-18-8-4-5-9-18/h14,16H,4-13H2,1-3H3. The highest BCUT2D eigenvalue weighted by molar-refractivity contribution is 4.92. The van der Waals surface area contributed by atoms with E-state index in [1.54, 1.807) is 0 Å². The summed E-state index contributed by atoms with van der Waals surface area (Å²) in [6, 6.07) is 0. The van der Waals surface area contributed by atoms with Crippen LogP contribution in [0, 0.1) is 11.3 Å². The molecule has 2 saturated heterocycles. The molecule has 106 valence electrons. The van der Waals surface area contributed by atoms with Gasteiger partial charge in [-0.05, 0) is 57.3 Å². The van der Waals surface area contributed by atoms with Gasteiger partial charge in [-0.3, -0.25) is 0 Å². The lowest BCUT2D eigenvalue weighted by molar-refractivity contribution is 0.127. The lowest BCUT2D eigenvalue weighted by Crippen LogP contribution is -2.43. The minimum atomic E-state index is 0.514. The third kappa shape index (κ3) is 3.46. The van der Waals surface area contributed by atoms with Gasteiger partial charge < -0.3 is 15.1 Å². The Kier molecular flexibility index (Phi) is 5.05. The van der Waals surface area contributed by atoms with Crippen LogP contribution in [0.25, 0.3) is 0 Å². The highest BCUT2D eigenvalue weighted by Crippen LogP contribution is 2.34. The molecule has 0 aromatic heterocycles. The zero-order valence-corrected chi connectivity index (χ0v) is 12.5. The molecule has 0 bridgehead atoms. The molecule has 0 spiro atoms. The maximum atomic E-state index is 3.56. The molecule has 1 unspecified atom stereocenters. The average molecular weight is 253 g/mol. The number of nitrogens with zero attached hydrogens (tertiary/aromatic N) is 2. The van der Waals surface area contributed by atoms with Crippen molar-refractivity contribution in [3.05, 3.63) is 0 Å². The van der Waals surface area contributed by atoms with Gasteiger partial charge in [-0.15, -0.1) is 0 Å². The fourth-order valence-electron chi connectivity index (χ4n) is 3.51. The fraction of sp³-hybridized carbons (Fsp3) is 1.00. The molecule has 3 nitrogen and oxygen atoms in total. The summed E-state index contributed by atoms with van der Waals surface area (Å²) in [4.78, 5) is 5.18. The predicted octanol–water partition coefficient (Wildman–Crippen LogP) is 1.65. The van der Waals surface area contributed by atoms with Gasteiger partial charge in [0.15, 0.2) is 0 Å². The van der Waals surface area contributed by atoms with Gasteiger partial charge >= 0.3 is 0 Å². The Bertz CT molecular complexity index is 240. The summed E-state index contributed by atoms with van der Waals surface area (Å²) < 4.78 is 0. The molecule has 2 aliphatic heterocycles. The summed E-state index contributed by atoms with van der Waals surface area (Å²) in [5.74, 6) is 0.779. The van der Waals surface area contributed by atoms with Crippen molar-refractivity contribution in [2.75, 3.05) is 52.9 Å². The van der Waals surface area contributed by atoms with Crippen LogP contribution >= 0.6 is 0 Å². The molecule has 0 aromatic carbocycles. The molecule has 2 fully saturated rings. The van der Waals surface area contributed by atoms with Crippen LogP contribution in [0.15, 0.2) is 0 Å². The topological polar surface area (TPSA) is 18.5 Å². The Hall–Kier alpha value is -0.120. The maximum absolute atomic E-state index is 3.56. The van der Waals surface area contributed by atoms with E-state index in [-0.39, 0.29) is 0 Å². The maximum Gasteiger partial charge on any atom is 0.0109 e. The number of rotatable bonds is 6. The van der Waals surface area contributed by atoms with Crippen molar-refractivity contribution in [1.29, 1.82) is 0 Å². The summed E-state index contributed by atoms with van der Waals surface area (Å²) >= 11 is 0. The Morgan fingerprint density at radius 1 is 1.28 bits per heavy atom. The van der Waals surface area contributed by atoms with Crippen LogP contribution < -0.4 is 5.32 Å². The van der Waals surface area contributed by atoms with Crippen LogP contribution in [0.5, 0.6) is 0 Å². The molecule has 1 atom stereocenters. The summed E-state index contributed by atoms with van der Waals surface area (Å²) in [7, 11) is 2.30. The van der Waals surface area contributed by atoms with Crippen LogP contribution in [0.2, 0.25) is 0 Å². The highest BCUT2D eigenvalue weighted by Gasteiger charge is 2.37. The third-order valence-corrected chi connectivity index (χ3v) is 5.08. The van der Waals surface area contributed by atoms with Gasteiger partial charge in [-0.1, -0.05) is 13.8 Å². The van der Waals surface area contributed by atoms with Crippen molar-refractivity contribution < 1.29 is 0 Å². The van der Waals surface area contributed by atoms with Crippen LogP contribution in [-0.2, 0) is 0 Å². The molecular formula is C15H31N3. The van der Waals surface area contributed by atoms with E-state index in [1.165, 1.54) is 65.1 Å². The summed E-state index contributed by atoms with van der Waals surface area (Å²) in [6.07, 6.45) is 4.16. The van der Waals surface area contributed by atoms with E-state index in [4.69, 9.17) is 0 Å². The van der Waals surface area contributed by atoms with E-state index < -0.39 is 0 Å². The second-order valence-corrected chi connectivity index (χ2v) is 6.73.